The molecule has 90 valence electrons. The van der Waals surface area contributed by atoms with Gasteiger partial charge in [-0.1, -0.05) is 0 Å². The molecule has 4 nitrogen and oxygen atoms in total. The van der Waals surface area contributed by atoms with Crippen molar-refractivity contribution in [1.82, 2.24) is 15.0 Å². The zero-order valence-electron chi connectivity index (χ0n) is 9.11. The Morgan fingerprint density at radius 2 is 2.00 bits per heavy atom. The van der Waals surface area contributed by atoms with Gasteiger partial charge in [-0.15, -0.1) is 0 Å². The first kappa shape index (κ1) is 10.6. The molecule has 0 amide bonds. The summed E-state index contributed by atoms with van der Waals surface area (Å²) in [5, 5.41) is 0. The van der Waals surface area contributed by atoms with Crippen LogP contribution in [0, 0.1) is 11.6 Å². The molecule has 2 aromatic heterocycles. The van der Waals surface area contributed by atoms with Gasteiger partial charge in [-0.2, -0.15) is 0 Å². The minimum atomic E-state index is -0.783. The molecule has 0 atom stereocenters. The summed E-state index contributed by atoms with van der Waals surface area (Å²) >= 11 is 0. The quantitative estimate of drug-likeness (QED) is 0.648. The summed E-state index contributed by atoms with van der Waals surface area (Å²) in [6, 6.07) is 3.66. The number of nitrogens with one attached hydrogen (secondary N) is 1. The van der Waals surface area contributed by atoms with Crippen molar-refractivity contribution < 1.29 is 8.78 Å². The number of hydrogen-bond acceptors (Lipinski definition) is 3. The third-order valence-electron chi connectivity index (χ3n) is 2.62. The molecule has 0 aliphatic rings. The van der Waals surface area contributed by atoms with Crippen LogP contribution >= 0.6 is 0 Å². The Hall–Kier alpha value is -2.50. The van der Waals surface area contributed by atoms with Gasteiger partial charge in [0.2, 0.25) is 0 Å². The third-order valence-corrected chi connectivity index (χ3v) is 2.62. The van der Waals surface area contributed by atoms with E-state index in [1.54, 1.807) is 18.5 Å². The van der Waals surface area contributed by atoms with Crippen molar-refractivity contribution in [2.75, 3.05) is 5.73 Å². The fraction of sp³-hybridized carbons (Fsp3) is 0. The Bertz CT molecular complexity index is 703. The number of aromatic nitrogens is 3. The van der Waals surface area contributed by atoms with Gasteiger partial charge in [-0.05, 0) is 12.1 Å². The molecule has 2 heterocycles. The number of fused-ring (bicyclic) bond motifs is 1. The van der Waals surface area contributed by atoms with E-state index in [0.717, 1.165) is 6.07 Å². The van der Waals surface area contributed by atoms with E-state index < -0.39 is 11.6 Å². The van der Waals surface area contributed by atoms with Gasteiger partial charge < -0.3 is 10.7 Å². The summed E-state index contributed by atoms with van der Waals surface area (Å²) in [7, 11) is 0. The van der Waals surface area contributed by atoms with Crippen LogP contribution in [0.4, 0.5) is 14.5 Å². The highest BCUT2D eigenvalue weighted by Gasteiger charge is 2.13. The van der Waals surface area contributed by atoms with E-state index in [9.17, 15) is 8.78 Å². The van der Waals surface area contributed by atoms with Crippen LogP contribution in [-0.4, -0.2) is 15.0 Å². The fourth-order valence-corrected chi connectivity index (χ4v) is 1.73. The molecular formula is C12H8F2N4. The van der Waals surface area contributed by atoms with E-state index in [4.69, 9.17) is 5.73 Å². The van der Waals surface area contributed by atoms with Crippen LogP contribution in [-0.2, 0) is 0 Å². The molecule has 3 aromatic rings. The molecule has 0 radical (unpaired) electrons. The monoisotopic (exact) mass is 246 g/mol. The number of imidazole rings is 1. The third kappa shape index (κ3) is 1.58. The first-order chi connectivity index (χ1) is 8.65. The maximum absolute atomic E-state index is 13.7. The van der Waals surface area contributed by atoms with Crippen molar-refractivity contribution in [2.45, 2.75) is 0 Å². The molecule has 3 rings (SSSR count). The molecule has 18 heavy (non-hydrogen) atoms. The maximum Gasteiger partial charge on any atom is 0.149 e. The largest absolute Gasteiger partial charge is 0.396 e. The number of benzene rings is 1. The van der Waals surface area contributed by atoms with Gasteiger partial charge in [0.05, 0.1) is 28.5 Å². The van der Waals surface area contributed by atoms with Crippen LogP contribution in [0.25, 0.3) is 22.4 Å². The summed E-state index contributed by atoms with van der Waals surface area (Å²) in [5.74, 6) is -1.20. The average Bonchev–Trinajstić information content (AvgIpc) is 2.77. The second kappa shape index (κ2) is 3.76. The molecular weight excluding hydrogens is 238 g/mol. The number of rotatable bonds is 1. The smallest absolute Gasteiger partial charge is 0.149 e. The lowest BCUT2D eigenvalue weighted by Gasteiger charge is -2.02. The molecule has 0 saturated carbocycles. The zero-order valence-corrected chi connectivity index (χ0v) is 9.11. The normalized spacial score (nSPS) is 11.0. The Morgan fingerprint density at radius 3 is 2.78 bits per heavy atom. The summed E-state index contributed by atoms with van der Waals surface area (Å²) in [4.78, 5) is 11.0. The molecule has 0 fully saturated rings. The topological polar surface area (TPSA) is 67.6 Å². The number of nitrogens with zero attached hydrogens (tertiary/aromatic N) is 2. The zero-order chi connectivity index (χ0) is 12.7. The second-order valence-corrected chi connectivity index (χ2v) is 3.83. The van der Waals surface area contributed by atoms with Crippen LogP contribution in [0.3, 0.4) is 0 Å². The minimum Gasteiger partial charge on any atom is -0.396 e. The number of H-pyrrole nitrogens is 1. The first-order valence-corrected chi connectivity index (χ1v) is 5.20. The first-order valence-electron chi connectivity index (χ1n) is 5.20. The summed E-state index contributed by atoms with van der Waals surface area (Å²) in [5.41, 5.74) is 6.77. The van der Waals surface area contributed by atoms with Crippen LogP contribution in [0.5, 0.6) is 0 Å². The standard InChI is InChI=1S/C12H8F2N4/c13-7-4-8(14)9(15)3-6(7)12-17-10-1-2-16-5-11(10)18-12/h1-5H,15H2,(H,17,18). The van der Waals surface area contributed by atoms with Crippen molar-refractivity contribution in [3.05, 3.63) is 42.2 Å². The number of anilines is 1. The number of pyridine rings is 1. The fourth-order valence-electron chi connectivity index (χ4n) is 1.73. The summed E-state index contributed by atoms with van der Waals surface area (Å²) < 4.78 is 26.7. The van der Waals surface area contributed by atoms with Gasteiger partial charge >= 0.3 is 0 Å². The number of hydrogen-bond donors (Lipinski definition) is 2. The van der Waals surface area contributed by atoms with Crippen LogP contribution < -0.4 is 5.73 Å². The predicted molar refractivity (Wildman–Crippen MR) is 63.7 cm³/mol. The molecule has 0 saturated heterocycles. The van der Waals surface area contributed by atoms with Crippen molar-refractivity contribution in [3.8, 4) is 11.4 Å². The van der Waals surface area contributed by atoms with Crippen LogP contribution in [0.2, 0.25) is 0 Å². The van der Waals surface area contributed by atoms with E-state index >= 15 is 0 Å². The number of halogens is 2. The SMILES string of the molecule is Nc1cc(-c2nc3ccncc3[nH]2)c(F)cc1F. The molecule has 0 unspecified atom stereocenters. The van der Waals surface area contributed by atoms with E-state index in [1.165, 1.54) is 6.07 Å². The molecule has 0 aliphatic carbocycles. The molecule has 0 spiro atoms. The van der Waals surface area contributed by atoms with Gasteiger partial charge in [0, 0.05) is 12.3 Å². The lowest BCUT2D eigenvalue weighted by Crippen LogP contribution is -1.95. The lowest BCUT2D eigenvalue weighted by molar-refractivity contribution is 0.588. The van der Waals surface area contributed by atoms with Crippen molar-refractivity contribution in [2.24, 2.45) is 0 Å². The van der Waals surface area contributed by atoms with E-state index in [1.807, 2.05) is 0 Å². The average molecular weight is 246 g/mol. The molecule has 3 N–H and O–H groups in total. The van der Waals surface area contributed by atoms with Gasteiger partial charge in [-0.3, -0.25) is 4.98 Å². The highest BCUT2D eigenvalue weighted by atomic mass is 19.1. The minimum absolute atomic E-state index is 0.120. The summed E-state index contributed by atoms with van der Waals surface area (Å²) in [6.45, 7) is 0. The number of nitrogens with two attached hydrogens (primary N) is 1. The van der Waals surface area contributed by atoms with Gasteiger partial charge in [-0.25, -0.2) is 13.8 Å². The Morgan fingerprint density at radius 1 is 1.17 bits per heavy atom. The highest BCUT2D eigenvalue weighted by Crippen LogP contribution is 2.26. The highest BCUT2D eigenvalue weighted by molar-refractivity contribution is 5.79. The molecule has 0 bridgehead atoms. The second-order valence-electron chi connectivity index (χ2n) is 3.83. The van der Waals surface area contributed by atoms with Crippen molar-refractivity contribution >= 4 is 16.7 Å². The summed E-state index contributed by atoms with van der Waals surface area (Å²) in [6.07, 6.45) is 3.17. The van der Waals surface area contributed by atoms with Crippen molar-refractivity contribution in [3.63, 3.8) is 0 Å². The van der Waals surface area contributed by atoms with E-state index in [0.29, 0.717) is 16.9 Å². The Labute approximate surface area is 100 Å². The Balaban J connectivity index is 2.22. The number of nitrogen functional groups attached to an aromatic ring is 1. The molecule has 0 aliphatic heterocycles. The Kier molecular flexibility index (Phi) is 2.22. The van der Waals surface area contributed by atoms with Gasteiger partial charge in [0.1, 0.15) is 17.5 Å². The van der Waals surface area contributed by atoms with Crippen LogP contribution in [0.1, 0.15) is 0 Å². The predicted octanol–water partition coefficient (Wildman–Crippen LogP) is 2.49. The molecule has 1 aromatic carbocycles. The number of aromatic amines is 1. The van der Waals surface area contributed by atoms with E-state index in [-0.39, 0.29) is 11.3 Å². The maximum atomic E-state index is 13.7. The van der Waals surface area contributed by atoms with Gasteiger partial charge in [0.15, 0.2) is 0 Å². The lowest BCUT2D eigenvalue weighted by atomic mass is 10.1. The van der Waals surface area contributed by atoms with Crippen LogP contribution in [0.15, 0.2) is 30.6 Å². The molecule has 6 heteroatoms. The van der Waals surface area contributed by atoms with E-state index in [2.05, 4.69) is 15.0 Å². The van der Waals surface area contributed by atoms with Crippen molar-refractivity contribution in [1.29, 1.82) is 0 Å². The van der Waals surface area contributed by atoms with Gasteiger partial charge in [0.25, 0.3) is 0 Å².